The first-order chi connectivity index (χ1) is 16.9. The normalized spacial score (nSPS) is 22.3. The second-order valence-electron chi connectivity index (χ2n) is 9.72. The average Bonchev–Trinajstić information content (AvgIpc) is 2.80. The van der Waals surface area contributed by atoms with E-state index < -0.39 is 48.0 Å². The summed E-state index contributed by atoms with van der Waals surface area (Å²) in [5.74, 6) is -2.38. The van der Waals surface area contributed by atoms with E-state index in [0.717, 1.165) is 0 Å². The summed E-state index contributed by atoms with van der Waals surface area (Å²) < 4.78 is 4.74. The van der Waals surface area contributed by atoms with Crippen LogP contribution >= 0.6 is 0 Å². The number of rotatable bonds is 8. The first-order valence-electron chi connectivity index (χ1n) is 12.3. The third-order valence-corrected chi connectivity index (χ3v) is 5.65. The molecule has 36 heavy (non-hydrogen) atoms. The van der Waals surface area contributed by atoms with E-state index in [1.165, 1.54) is 13.2 Å². The van der Waals surface area contributed by atoms with E-state index >= 15 is 0 Å². The van der Waals surface area contributed by atoms with Crippen LogP contribution in [0.2, 0.25) is 0 Å². The van der Waals surface area contributed by atoms with Gasteiger partial charge in [-0.3, -0.25) is 14.4 Å². The van der Waals surface area contributed by atoms with E-state index in [1.807, 2.05) is 13.8 Å². The Hall–Kier alpha value is -3.37. The van der Waals surface area contributed by atoms with Gasteiger partial charge in [0.25, 0.3) is 0 Å². The van der Waals surface area contributed by atoms with Gasteiger partial charge in [0.05, 0.1) is 7.11 Å². The van der Waals surface area contributed by atoms with Gasteiger partial charge in [-0.05, 0) is 24.2 Å². The Kier molecular flexibility index (Phi) is 12.7. The summed E-state index contributed by atoms with van der Waals surface area (Å²) >= 11 is 0. The van der Waals surface area contributed by atoms with Crippen molar-refractivity contribution in [3.8, 4) is 0 Å². The Balaban J connectivity index is 3.02. The molecule has 11 nitrogen and oxygen atoms in total. The molecule has 0 aromatic carbocycles. The lowest BCUT2D eigenvalue weighted by Crippen LogP contribution is -2.58. The predicted molar refractivity (Wildman–Crippen MR) is 136 cm³/mol. The third-order valence-electron chi connectivity index (χ3n) is 5.65. The summed E-state index contributed by atoms with van der Waals surface area (Å²) in [4.78, 5) is 62.7. The smallest absolute Gasteiger partial charge is 0.328 e. The Labute approximate surface area is 213 Å². The zero-order chi connectivity index (χ0) is 27.4. The van der Waals surface area contributed by atoms with Crippen LogP contribution in [0, 0.1) is 17.8 Å². The largest absolute Gasteiger partial charge is 0.467 e. The molecule has 0 unspecified atom stereocenters. The number of hydrogen-bond donors (Lipinski definition) is 5. The molecule has 0 saturated heterocycles. The minimum absolute atomic E-state index is 0.00115. The topological polar surface area (TPSA) is 155 Å². The standard InChI is InChI=1S/C25H41N5O6/c1-14(2)17-11-12-19(31)26-13-9-8-10-18(22(32)27-17)28-23(33)20(15(3)4)29-25(35)30-21(16(5)6)24(34)36-7/h8,10-12,14-18,20-21H,9,13H2,1-7H3,(H,26,31)(H,27,32)(H,28,33)(H2,29,30,35)/b10-8+,12-11+/t17-,18+,20+,21-/m1/s1. The van der Waals surface area contributed by atoms with Crippen molar-refractivity contribution in [1.82, 2.24) is 26.6 Å². The van der Waals surface area contributed by atoms with Crippen LogP contribution in [0.5, 0.6) is 0 Å². The summed E-state index contributed by atoms with van der Waals surface area (Å²) in [6.45, 7) is 11.2. The van der Waals surface area contributed by atoms with Crippen LogP contribution in [-0.2, 0) is 23.9 Å². The number of carbonyl (C=O) groups excluding carboxylic acids is 5. The highest BCUT2D eigenvalue weighted by molar-refractivity contribution is 5.94. The van der Waals surface area contributed by atoms with Crippen LogP contribution in [0.25, 0.3) is 0 Å². The van der Waals surface area contributed by atoms with Crippen LogP contribution in [-0.4, -0.2) is 67.5 Å². The number of esters is 1. The van der Waals surface area contributed by atoms with Crippen LogP contribution in [0.15, 0.2) is 24.3 Å². The van der Waals surface area contributed by atoms with Crippen molar-refractivity contribution in [2.45, 2.75) is 72.1 Å². The van der Waals surface area contributed by atoms with Crippen molar-refractivity contribution in [1.29, 1.82) is 0 Å². The highest BCUT2D eigenvalue weighted by Crippen LogP contribution is 2.08. The van der Waals surface area contributed by atoms with Crippen LogP contribution in [0.1, 0.15) is 48.0 Å². The molecule has 1 aliphatic heterocycles. The Morgan fingerprint density at radius 3 is 2.14 bits per heavy atom. The molecule has 1 aliphatic rings. The van der Waals surface area contributed by atoms with Crippen molar-refractivity contribution in [3.63, 3.8) is 0 Å². The minimum Gasteiger partial charge on any atom is -0.467 e. The molecule has 0 saturated carbocycles. The summed E-state index contributed by atoms with van der Waals surface area (Å²) in [7, 11) is 1.23. The summed E-state index contributed by atoms with van der Waals surface area (Å²) in [6, 6.07) is -3.98. The zero-order valence-electron chi connectivity index (χ0n) is 22.2. The van der Waals surface area contributed by atoms with Gasteiger partial charge < -0.3 is 31.3 Å². The number of carbonyl (C=O) groups is 5. The predicted octanol–water partition coefficient (Wildman–Crippen LogP) is 0.766. The molecule has 5 N–H and O–H groups in total. The number of ether oxygens (including phenoxy) is 1. The molecule has 11 heteroatoms. The van der Waals surface area contributed by atoms with Gasteiger partial charge in [-0.2, -0.15) is 0 Å². The van der Waals surface area contributed by atoms with Gasteiger partial charge in [-0.25, -0.2) is 9.59 Å². The summed E-state index contributed by atoms with van der Waals surface area (Å²) in [6.07, 6.45) is 6.74. The molecule has 4 atom stereocenters. The van der Waals surface area contributed by atoms with Gasteiger partial charge in [-0.15, -0.1) is 0 Å². The number of amides is 5. The van der Waals surface area contributed by atoms with Gasteiger partial charge in [0.1, 0.15) is 18.1 Å². The van der Waals surface area contributed by atoms with Crippen LogP contribution in [0.3, 0.4) is 0 Å². The van der Waals surface area contributed by atoms with E-state index in [1.54, 1.807) is 45.9 Å². The lowest BCUT2D eigenvalue weighted by Gasteiger charge is -2.27. The molecule has 0 fully saturated rings. The molecule has 202 valence electrons. The fourth-order valence-corrected chi connectivity index (χ4v) is 3.38. The molecule has 5 amide bonds. The Bertz CT molecular complexity index is 852. The molecule has 1 rings (SSSR count). The van der Waals surface area contributed by atoms with Crippen molar-refractivity contribution >= 4 is 29.7 Å². The van der Waals surface area contributed by atoms with E-state index in [2.05, 4.69) is 26.6 Å². The maximum Gasteiger partial charge on any atom is 0.328 e. The highest BCUT2D eigenvalue weighted by Gasteiger charge is 2.31. The SMILES string of the molecule is COC(=O)[C@H](NC(=O)N[C@H](C(=O)N[C@H]1/C=C/CCNC(=O)/C=C/[C@H](C(C)C)NC1=O)C(C)C)C(C)C. The van der Waals surface area contributed by atoms with Gasteiger partial charge >= 0.3 is 12.0 Å². The molecule has 0 radical (unpaired) electrons. The molecule has 0 spiro atoms. The lowest BCUT2D eigenvalue weighted by molar-refractivity contribution is -0.144. The second kappa shape index (κ2) is 14.9. The maximum atomic E-state index is 13.1. The van der Waals surface area contributed by atoms with Crippen LogP contribution < -0.4 is 26.6 Å². The first kappa shape index (κ1) is 30.7. The molecular weight excluding hydrogens is 466 g/mol. The fraction of sp³-hybridized carbons (Fsp3) is 0.640. The van der Waals surface area contributed by atoms with E-state index in [9.17, 15) is 24.0 Å². The minimum atomic E-state index is -0.994. The zero-order valence-corrected chi connectivity index (χ0v) is 22.2. The molecule has 0 aromatic rings. The summed E-state index contributed by atoms with van der Waals surface area (Å²) in [5.41, 5.74) is 0. The molecular formula is C25H41N5O6. The van der Waals surface area contributed by atoms with E-state index in [4.69, 9.17) is 4.74 Å². The third kappa shape index (κ3) is 10.1. The number of urea groups is 1. The van der Waals surface area contributed by atoms with Crippen molar-refractivity contribution in [2.24, 2.45) is 17.8 Å². The molecule has 0 bridgehead atoms. The molecule has 0 aromatic heterocycles. The van der Waals surface area contributed by atoms with Crippen molar-refractivity contribution in [3.05, 3.63) is 24.3 Å². The maximum absolute atomic E-state index is 13.1. The first-order valence-corrected chi connectivity index (χ1v) is 12.3. The lowest BCUT2D eigenvalue weighted by atomic mass is 10.0. The van der Waals surface area contributed by atoms with Gasteiger partial charge in [0.2, 0.25) is 17.7 Å². The highest BCUT2D eigenvalue weighted by atomic mass is 16.5. The molecule has 0 aliphatic carbocycles. The monoisotopic (exact) mass is 507 g/mol. The molecule has 1 heterocycles. The van der Waals surface area contributed by atoms with Gasteiger partial charge in [0, 0.05) is 18.7 Å². The number of methoxy groups -OCH3 is 1. The van der Waals surface area contributed by atoms with Gasteiger partial charge in [-0.1, -0.05) is 59.8 Å². The number of hydrogen-bond acceptors (Lipinski definition) is 6. The fourth-order valence-electron chi connectivity index (χ4n) is 3.38. The Morgan fingerprint density at radius 2 is 1.58 bits per heavy atom. The number of nitrogens with one attached hydrogen (secondary N) is 5. The quantitative estimate of drug-likeness (QED) is 0.241. The van der Waals surface area contributed by atoms with E-state index in [-0.39, 0.29) is 23.7 Å². The Morgan fingerprint density at radius 1 is 0.972 bits per heavy atom. The van der Waals surface area contributed by atoms with Crippen LogP contribution in [0.4, 0.5) is 4.79 Å². The summed E-state index contributed by atoms with van der Waals surface area (Å²) in [5, 5.41) is 13.5. The van der Waals surface area contributed by atoms with E-state index in [0.29, 0.717) is 13.0 Å². The van der Waals surface area contributed by atoms with Gasteiger partial charge in [0.15, 0.2) is 0 Å². The average molecular weight is 508 g/mol. The van der Waals surface area contributed by atoms with Crippen molar-refractivity contribution in [2.75, 3.05) is 13.7 Å². The second-order valence-corrected chi connectivity index (χ2v) is 9.72. The van der Waals surface area contributed by atoms with Crippen molar-refractivity contribution < 1.29 is 28.7 Å².